The van der Waals surface area contributed by atoms with Crippen LogP contribution in [0.2, 0.25) is 0 Å². The average Bonchev–Trinajstić information content (AvgIpc) is 2.17. The zero-order valence-electron chi connectivity index (χ0n) is 5.90. The molecular formula is C7H11N3. The largest absolute Gasteiger partial charge is 0.0881 e. The molecule has 0 bridgehead atoms. The Morgan fingerprint density at radius 3 is 3.20 bits per heavy atom. The summed E-state index contributed by atoms with van der Waals surface area (Å²) in [5, 5.41) is 3.64. The fourth-order valence-corrected chi connectivity index (χ4v) is 1.13. The van der Waals surface area contributed by atoms with E-state index in [9.17, 15) is 0 Å². The van der Waals surface area contributed by atoms with E-state index >= 15 is 0 Å². The number of rotatable bonds is 1. The van der Waals surface area contributed by atoms with Crippen LogP contribution in [0.3, 0.4) is 0 Å². The molecule has 1 rings (SSSR count). The molecular weight excluding hydrogens is 126 g/mol. The van der Waals surface area contributed by atoms with Crippen LogP contribution in [0.25, 0.3) is 10.4 Å². The van der Waals surface area contributed by atoms with Gasteiger partial charge in [-0.05, 0) is 24.8 Å². The van der Waals surface area contributed by atoms with Gasteiger partial charge in [-0.3, -0.25) is 0 Å². The number of allylic oxidation sites excluding steroid dienone is 1. The quantitative estimate of drug-likeness (QED) is 0.231. The van der Waals surface area contributed by atoms with Crippen molar-refractivity contribution in [1.82, 2.24) is 0 Å². The lowest BCUT2D eigenvalue weighted by molar-refractivity contribution is 0.654. The summed E-state index contributed by atoms with van der Waals surface area (Å²) in [6.45, 7) is 0. The van der Waals surface area contributed by atoms with E-state index in [2.05, 4.69) is 16.1 Å². The van der Waals surface area contributed by atoms with E-state index in [1.807, 2.05) is 6.08 Å². The van der Waals surface area contributed by atoms with Crippen LogP contribution in [0.1, 0.15) is 25.7 Å². The fraction of sp³-hybridized carbons (Fsp3) is 0.714. The van der Waals surface area contributed by atoms with Crippen molar-refractivity contribution in [3.63, 3.8) is 0 Å². The minimum atomic E-state index is 0.118. The van der Waals surface area contributed by atoms with E-state index < -0.39 is 0 Å². The molecule has 0 radical (unpaired) electrons. The third-order valence-corrected chi connectivity index (χ3v) is 1.68. The standard InChI is InChI=1S/C7H11N3/c8-10-9-7-5-3-1-2-4-6-7/h3,5,7H,1-2,4,6H2. The Labute approximate surface area is 60.4 Å². The summed E-state index contributed by atoms with van der Waals surface area (Å²) < 4.78 is 0. The third-order valence-electron chi connectivity index (χ3n) is 1.68. The molecule has 0 heterocycles. The molecule has 3 heteroatoms. The van der Waals surface area contributed by atoms with Crippen LogP contribution in [0.4, 0.5) is 0 Å². The van der Waals surface area contributed by atoms with Crippen LogP contribution < -0.4 is 0 Å². The highest BCUT2D eigenvalue weighted by molar-refractivity contribution is 4.95. The monoisotopic (exact) mass is 137 g/mol. The van der Waals surface area contributed by atoms with Crippen molar-refractivity contribution < 1.29 is 0 Å². The summed E-state index contributed by atoms with van der Waals surface area (Å²) in [6.07, 6.45) is 8.67. The normalized spacial score (nSPS) is 25.0. The van der Waals surface area contributed by atoms with Crippen molar-refractivity contribution in [2.45, 2.75) is 31.7 Å². The summed E-state index contributed by atoms with van der Waals surface area (Å²) >= 11 is 0. The molecule has 0 saturated carbocycles. The topological polar surface area (TPSA) is 48.8 Å². The van der Waals surface area contributed by atoms with Gasteiger partial charge in [0.15, 0.2) is 0 Å². The minimum absolute atomic E-state index is 0.118. The summed E-state index contributed by atoms with van der Waals surface area (Å²) in [6, 6.07) is 0.118. The van der Waals surface area contributed by atoms with Crippen LogP contribution in [0.15, 0.2) is 17.3 Å². The van der Waals surface area contributed by atoms with Gasteiger partial charge in [0.05, 0.1) is 6.04 Å². The molecule has 0 aromatic carbocycles. The first-order valence-corrected chi connectivity index (χ1v) is 3.64. The lowest BCUT2D eigenvalue weighted by Gasteiger charge is -1.99. The van der Waals surface area contributed by atoms with Gasteiger partial charge in [-0.2, -0.15) is 0 Å². The Morgan fingerprint density at radius 1 is 1.50 bits per heavy atom. The molecule has 1 aliphatic rings. The van der Waals surface area contributed by atoms with Crippen molar-refractivity contribution in [2.75, 3.05) is 0 Å². The Kier molecular flexibility index (Phi) is 2.84. The minimum Gasteiger partial charge on any atom is -0.0881 e. The number of nitrogens with zero attached hydrogens (tertiary/aromatic N) is 3. The molecule has 10 heavy (non-hydrogen) atoms. The lowest BCUT2D eigenvalue weighted by Crippen LogP contribution is -1.95. The van der Waals surface area contributed by atoms with Crippen LogP contribution >= 0.6 is 0 Å². The summed E-state index contributed by atoms with van der Waals surface area (Å²) in [5.74, 6) is 0. The molecule has 0 N–H and O–H groups in total. The second kappa shape index (κ2) is 3.96. The van der Waals surface area contributed by atoms with Gasteiger partial charge in [0.25, 0.3) is 0 Å². The smallest absolute Gasteiger partial charge is 0.0555 e. The molecule has 3 nitrogen and oxygen atoms in total. The highest BCUT2D eigenvalue weighted by atomic mass is 15.1. The molecule has 0 saturated heterocycles. The first kappa shape index (κ1) is 7.16. The zero-order chi connectivity index (χ0) is 7.23. The predicted octanol–water partition coefficient (Wildman–Crippen LogP) is 2.80. The van der Waals surface area contributed by atoms with E-state index in [-0.39, 0.29) is 6.04 Å². The van der Waals surface area contributed by atoms with Gasteiger partial charge in [0.1, 0.15) is 0 Å². The molecule has 1 atom stereocenters. The van der Waals surface area contributed by atoms with Gasteiger partial charge in [0.2, 0.25) is 0 Å². The molecule has 1 unspecified atom stereocenters. The van der Waals surface area contributed by atoms with Gasteiger partial charge >= 0.3 is 0 Å². The van der Waals surface area contributed by atoms with Crippen LogP contribution in [-0.4, -0.2) is 6.04 Å². The van der Waals surface area contributed by atoms with E-state index in [4.69, 9.17) is 5.53 Å². The van der Waals surface area contributed by atoms with Crippen LogP contribution in [0.5, 0.6) is 0 Å². The van der Waals surface area contributed by atoms with E-state index in [0.717, 1.165) is 12.8 Å². The number of azide groups is 1. The van der Waals surface area contributed by atoms with Crippen molar-refractivity contribution >= 4 is 0 Å². The van der Waals surface area contributed by atoms with Gasteiger partial charge in [0, 0.05) is 4.91 Å². The highest BCUT2D eigenvalue weighted by Gasteiger charge is 2.03. The van der Waals surface area contributed by atoms with Gasteiger partial charge < -0.3 is 0 Å². The molecule has 0 aliphatic heterocycles. The lowest BCUT2D eigenvalue weighted by atomic mass is 10.2. The SMILES string of the molecule is [N-]=[N+]=NC1C=CCCCC1. The first-order valence-electron chi connectivity index (χ1n) is 3.64. The molecule has 0 amide bonds. The zero-order valence-corrected chi connectivity index (χ0v) is 5.90. The highest BCUT2D eigenvalue weighted by Crippen LogP contribution is 2.13. The van der Waals surface area contributed by atoms with Gasteiger partial charge in [-0.25, -0.2) is 0 Å². The second-order valence-corrected chi connectivity index (χ2v) is 2.48. The van der Waals surface area contributed by atoms with Gasteiger partial charge in [-0.15, -0.1) is 0 Å². The summed E-state index contributed by atoms with van der Waals surface area (Å²) in [5.41, 5.74) is 8.13. The Hall–Kier alpha value is -0.950. The molecule has 0 spiro atoms. The molecule has 0 aromatic rings. The van der Waals surface area contributed by atoms with Crippen molar-refractivity contribution in [3.05, 3.63) is 22.6 Å². The third kappa shape index (κ3) is 2.11. The molecule has 0 fully saturated rings. The number of hydrogen-bond acceptors (Lipinski definition) is 1. The Bertz CT molecular complexity index is 168. The molecule has 54 valence electrons. The summed E-state index contributed by atoms with van der Waals surface area (Å²) in [7, 11) is 0. The predicted molar refractivity (Wildman–Crippen MR) is 40.5 cm³/mol. The maximum atomic E-state index is 8.13. The summed E-state index contributed by atoms with van der Waals surface area (Å²) in [4.78, 5) is 2.77. The van der Waals surface area contributed by atoms with Crippen LogP contribution in [0, 0.1) is 0 Å². The van der Waals surface area contributed by atoms with Crippen LogP contribution in [-0.2, 0) is 0 Å². The maximum Gasteiger partial charge on any atom is 0.0555 e. The fourth-order valence-electron chi connectivity index (χ4n) is 1.13. The van der Waals surface area contributed by atoms with E-state index in [1.165, 1.54) is 12.8 Å². The van der Waals surface area contributed by atoms with Crippen molar-refractivity contribution in [1.29, 1.82) is 0 Å². The molecule has 0 aromatic heterocycles. The van der Waals surface area contributed by atoms with Gasteiger partial charge in [-0.1, -0.05) is 23.7 Å². The number of hydrogen-bond donors (Lipinski definition) is 0. The molecule has 1 aliphatic carbocycles. The Balaban J connectivity index is 2.49. The maximum absolute atomic E-state index is 8.13. The second-order valence-electron chi connectivity index (χ2n) is 2.48. The van der Waals surface area contributed by atoms with E-state index in [1.54, 1.807) is 0 Å². The Morgan fingerprint density at radius 2 is 2.40 bits per heavy atom. The van der Waals surface area contributed by atoms with E-state index in [0.29, 0.717) is 0 Å². The van der Waals surface area contributed by atoms with Crippen molar-refractivity contribution in [2.24, 2.45) is 5.11 Å². The van der Waals surface area contributed by atoms with Crippen molar-refractivity contribution in [3.8, 4) is 0 Å². The average molecular weight is 137 g/mol. The first-order chi connectivity index (χ1) is 4.93.